The summed E-state index contributed by atoms with van der Waals surface area (Å²) in [6, 6.07) is 10.4. The number of carbonyl (C=O) groups excluding carboxylic acids is 1. The normalized spacial score (nSPS) is 11.0. The summed E-state index contributed by atoms with van der Waals surface area (Å²) in [6.07, 6.45) is 1.85. The van der Waals surface area contributed by atoms with Crippen molar-refractivity contribution < 1.29 is 4.79 Å². The molecule has 0 unspecified atom stereocenters. The van der Waals surface area contributed by atoms with Gasteiger partial charge in [-0.1, -0.05) is 45.0 Å². The van der Waals surface area contributed by atoms with E-state index in [2.05, 4.69) is 66.7 Å². The average Bonchev–Trinajstić information content (AvgIpc) is 3.07. The minimum absolute atomic E-state index is 0.0685. The van der Waals surface area contributed by atoms with E-state index in [9.17, 15) is 4.79 Å². The molecular weight excluding hydrogens is 304 g/mol. The second-order valence-corrected chi connectivity index (χ2v) is 6.62. The molecule has 1 aromatic carbocycles. The van der Waals surface area contributed by atoms with Crippen LogP contribution in [0.1, 0.15) is 36.8 Å². The van der Waals surface area contributed by atoms with Gasteiger partial charge < -0.3 is 5.32 Å². The van der Waals surface area contributed by atoms with Crippen molar-refractivity contribution in [2.45, 2.75) is 40.2 Å². The van der Waals surface area contributed by atoms with Gasteiger partial charge in [-0.3, -0.25) is 9.69 Å². The zero-order valence-corrected chi connectivity index (χ0v) is 15.1. The molecule has 1 heterocycles. The predicted molar refractivity (Wildman–Crippen MR) is 99.1 cm³/mol. The lowest BCUT2D eigenvalue weighted by molar-refractivity contribution is -0.117. The molecule has 0 radical (unpaired) electrons. The molecule has 0 fully saturated rings. The molecular formula is C19H26N2OS. The Bertz CT molecular complexity index is 600. The van der Waals surface area contributed by atoms with Crippen LogP contribution >= 0.6 is 11.3 Å². The topological polar surface area (TPSA) is 32.3 Å². The molecule has 3 nitrogen and oxygen atoms in total. The van der Waals surface area contributed by atoms with Gasteiger partial charge in [0.2, 0.25) is 5.91 Å². The zero-order chi connectivity index (χ0) is 16.7. The number of benzene rings is 1. The van der Waals surface area contributed by atoms with Crippen molar-refractivity contribution in [1.29, 1.82) is 0 Å². The third-order valence-electron chi connectivity index (χ3n) is 4.04. The summed E-state index contributed by atoms with van der Waals surface area (Å²) in [5.74, 6) is 0.0685. The molecule has 0 atom stereocenters. The molecule has 0 bridgehead atoms. The smallest absolute Gasteiger partial charge is 0.238 e. The van der Waals surface area contributed by atoms with Crippen LogP contribution in [0.5, 0.6) is 0 Å². The van der Waals surface area contributed by atoms with Gasteiger partial charge in [0.05, 0.1) is 6.54 Å². The molecule has 124 valence electrons. The van der Waals surface area contributed by atoms with Gasteiger partial charge in [0.25, 0.3) is 0 Å². The highest BCUT2D eigenvalue weighted by atomic mass is 32.1. The molecule has 0 aliphatic rings. The molecule has 0 spiro atoms. The lowest BCUT2D eigenvalue weighted by Gasteiger charge is -2.20. The Labute approximate surface area is 143 Å². The molecule has 2 rings (SSSR count). The summed E-state index contributed by atoms with van der Waals surface area (Å²) in [5, 5.41) is 5.23. The highest BCUT2D eigenvalue weighted by molar-refractivity contribution is 7.09. The molecule has 0 saturated carbocycles. The highest BCUT2D eigenvalue weighted by Gasteiger charge is 2.13. The number of hydrogen-bond donors (Lipinski definition) is 1. The van der Waals surface area contributed by atoms with Crippen LogP contribution in [0.25, 0.3) is 0 Å². The quantitative estimate of drug-likeness (QED) is 0.781. The number of hydrogen-bond acceptors (Lipinski definition) is 3. The van der Waals surface area contributed by atoms with E-state index >= 15 is 0 Å². The Kier molecular flexibility index (Phi) is 6.81. The Balaban J connectivity index is 2.03. The zero-order valence-electron chi connectivity index (χ0n) is 14.3. The van der Waals surface area contributed by atoms with Crippen molar-refractivity contribution in [2.75, 3.05) is 18.4 Å². The van der Waals surface area contributed by atoms with Gasteiger partial charge in [-0.2, -0.15) is 0 Å². The number of aryl methyl sites for hydroxylation is 2. The van der Waals surface area contributed by atoms with Gasteiger partial charge in [-0.05, 0) is 42.0 Å². The Morgan fingerprint density at radius 2 is 1.78 bits per heavy atom. The minimum atomic E-state index is 0.0685. The standard InChI is InChI=1S/C19H26N2OS/c1-4-15-9-7-10-16(5-2)19(15)20-18(22)14-21(6-3)13-17-11-8-12-23-17/h7-12H,4-6,13-14H2,1-3H3,(H,20,22). The van der Waals surface area contributed by atoms with E-state index in [-0.39, 0.29) is 5.91 Å². The van der Waals surface area contributed by atoms with Crippen LogP contribution in [0, 0.1) is 0 Å². The first-order valence-corrected chi connectivity index (χ1v) is 9.21. The first-order valence-electron chi connectivity index (χ1n) is 8.33. The molecule has 2 aromatic rings. The molecule has 0 aliphatic carbocycles. The SMILES string of the molecule is CCc1cccc(CC)c1NC(=O)CN(CC)Cc1cccs1. The predicted octanol–water partition coefficient (Wildman–Crippen LogP) is 4.33. The summed E-state index contributed by atoms with van der Waals surface area (Å²) < 4.78 is 0. The maximum absolute atomic E-state index is 12.5. The molecule has 1 amide bonds. The Morgan fingerprint density at radius 3 is 2.30 bits per heavy atom. The van der Waals surface area contributed by atoms with Gasteiger partial charge in [0.15, 0.2) is 0 Å². The molecule has 0 saturated heterocycles. The molecule has 4 heteroatoms. The van der Waals surface area contributed by atoms with Crippen molar-refractivity contribution in [3.05, 3.63) is 51.7 Å². The number of nitrogens with zero attached hydrogens (tertiary/aromatic N) is 1. The molecule has 0 aliphatic heterocycles. The number of thiophene rings is 1. The van der Waals surface area contributed by atoms with Gasteiger partial charge in [0.1, 0.15) is 0 Å². The minimum Gasteiger partial charge on any atom is -0.324 e. The third kappa shape index (κ3) is 4.91. The second kappa shape index (κ2) is 8.85. The van der Waals surface area contributed by atoms with Crippen LogP contribution in [-0.2, 0) is 24.2 Å². The summed E-state index contributed by atoms with van der Waals surface area (Å²) in [6.45, 7) is 8.46. The van der Waals surface area contributed by atoms with Gasteiger partial charge in [0, 0.05) is 17.1 Å². The summed E-state index contributed by atoms with van der Waals surface area (Å²) >= 11 is 1.74. The van der Waals surface area contributed by atoms with Crippen LogP contribution in [0.2, 0.25) is 0 Å². The highest BCUT2D eigenvalue weighted by Crippen LogP contribution is 2.22. The van der Waals surface area contributed by atoms with Crippen LogP contribution < -0.4 is 5.32 Å². The first kappa shape index (κ1) is 17.7. The largest absolute Gasteiger partial charge is 0.324 e. The fourth-order valence-electron chi connectivity index (χ4n) is 2.69. The van der Waals surface area contributed by atoms with E-state index in [1.165, 1.54) is 16.0 Å². The van der Waals surface area contributed by atoms with Crippen LogP contribution in [-0.4, -0.2) is 23.9 Å². The van der Waals surface area contributed by atoms with Crippen LogP contribution in [0.15, 0.2) is 35.7 Å². The van der Waals surface area contributed by atoms with Crippen molar-refractivity contribution in [2.24, 2.45) is 0 Å². The number of nitrogens with one attached hydrogen (secondary N) is 1. The number of para-hydroxylation sites is 1. The fraction of sp³-hybridized carbons (Fsp3) is 0.421. The number of amides is 1. The van der Waals surface area contributed by atoms with E-state index < -0.39 is 0 Å². The molecule has 1 aromatic heterocycles. The monoisotopic (exact) mass is 330 g/mol. The van der Waals surface area contributed by atoms with Gasteiger partial charge >= 0.3 is 0 Å². The average molecular weight is 330 g/mol. The number of anilines is 1. The summed E-state index contributed by atoms with van der Waals surface area (Å²) in [4.78, 5) is 16.0. The Hall–Kier alpha value is -1.65. The van der Waals surface area contributed by atoms with Gasteiger partial charge in [-0.15, -0.1) is 11.3 Å². The number of carbonyl (C=O) groups is 1. The van der Waals surface area contributed by atoms with Crippen molar-refractivity contribution in [3.63, 3.8) is 0 Å². The molecule has 1 N–H and O–H groups in total. The second-order valence-electron chi connectivity index (χ2n) is 5.59. The fourth-order valence-corrected chi connectivity index (χ4v) is 3.43. The van der Waals surface area contributed by atoms with E-state index in [1.54, 1.807) is 11.3 Å². The van der Waals surface area contributed by atoms with Crippen LogP contribution in [0.3, 0.4) is 0 Å². The van der Waals surface area contributed by atoms with E-state index in [0.717, 1.165) is 31.6 Å². The van der Waals surface area contributed by atoms with E-state index in [4.69, 9.17) is 0 Å². The van der Waals surface area contributed by atoms with Crippen molar-refractivity contribution in [1.82, 2.24) is 4.90 Å². The summed E-state index contributed by atoms with van der Waals surface area (Å²) in [7, 11) is 0. The van der Waals surface area contributed by atoms with Crippen LogP contribution in [0.4, 0.5) is 5.69 Å². The van der Waals surface area contributed by atoms with Crippen molar-refractivity contribution in [3.8, 4) is 0 Å². The number of likely N-dealkylation sites (N-methyl/N-ethyl adjacent to an activating group) is 1. The van der Waals surface area contributed by atoms with E-state index in [0.29, 0.717) is 6.54 Å². The summed E-state index contributed by atoms with van der Waals surface area (Å²) in [5.41, 5.74) is 3.42. The lowest BCUT2D eigenvalue weighted by Crippen LogP contribution is -2.33. The Morgan fingerprint density at radius 1 is 1.09 bits per heavy atom. The van der Waals surface area contributed by atoms with E-state index in [1.807, 2.05) is 0 Å². The third-order valence-corrected chi connectivity index (χ3v) is 4.90. The van der Waals surface area contributed by atoms with Gasteiger partial charge in [-0.25, -0.2) is 0 Å². The van der Waals surface area contributed by atoms with Crippen molar-refractivity contribution >= 4 is 22.9 Å². The maximum atomic E-state index is 12.5. The number of rotatable bonds is 8. The lowest BCUT2D eigenvalue weighted by atomic mass is 10.0. The maximum Gasteiger partial charge on any atom is 0.238 e. The first-order chi connectivity index (χ1) is 11.2. The molecule has 23 heavy (non-hydrogen) atoms.